The van der Waals surface area contributed by atoms with E-state index in [-0.39, 0.29) is 28.5 Å². The number of rotatable bonds is 8. The summed E-state index contributed by atoms with van der Waals surface area (Å²) < 4.78 is 43.2. The molecule has 0 N–H and O–H groups in total. The van der Waals surface area contributed by atoms with Crippen LogP contribution in [0, 0.1) is 0 Å². The number of benzene rings is 4. The summed E-state index contributed by atoms with van der Waals surface area (Å²) in [6, 6.07) is 30.0. The predicted molar refractivity (Wildman–Crippen MR) is 182 cm³/mol. The van der Waals surface area contributed by atoms with E-state index in [4.69, 9.17) is 14.2 Å². The quantitative estimate of drug-likeness (QED) is 0.213. The zero-order valence-electron chi connectivity index (χ0n) is 27.3. The lowest BCUT2D eigenvalue weighted by molar-refractivity contribution is 0.0135. The van der Waals surface area contributed by atoms with Crippen molar-refractivity contribution in [3.63, 3.8) is 0 Å². The zero-order valence-corrected chi connectivity index (χ0v) is 28.1. The van der Waals surface area contributed by atoms with Gasteiger partial charge in [-0.3, -0.25) is 14.6 Å². The van der Waals surface area contributed by atoms with Gasteiger partial charge in [-0.15, -0.1) is 0 Å². The summed E-state index contributed by atoms with van der Waals surface area (Å²) in [7, 11) is -3.68. The number of piperidine rings is 1. The minimum Gasteiger partial charge on any atom is -0.457 e. The molecule has 3 aliphatic heterocycles. The van der Waals surface area contributed by atoms with E-state index >= 15 is 0 Å². The van der Waals surface area contributed by atoms with Gasteiger partial charge in [-0.2, -0.15) is 0 Å². The molecule has 0 spiro atoms. The van der Waals surface area contributed by atoms with Crippen LogP contribution in [0.3, 0.4) is 0 Å². The molecule has 3 heterocycles. The zero-order chi connectivity index (χ0) is 33.3. The number of para-hydroxylation sites is 1. The van der Waals surface area contributed by atoms with Gasteiger partial charge in [0, 0.05) is 62.5 Å². The molecule has 2 fully saturated rings. The maximum absolute atomic E-state index is 13.3. The summed E-state index contributed by atoms with van der Waals surface area (Å²) in [5.74, 6) is 2.55. The Kier molecular flexibility index (Phi) is 9.13. The van der Waals surface area contributed by atoms with Crippen molar-refractivity contribution in [2.75, 3.05) is 39.5 Å². The van der Waals surface area contributed by atoms with Gasteiger partial charge in [0.05, 0.1) is 9.79 Å². The molecule has 9 nitrogen and oxygen atoms in total. The molecule has 1 amide bonds. The van der Waals surface area contributed by atoms with Crippen molar-refractivity contribution < 1.29 is 27.4 Å². The molecule has 0 radical (unpaired) electrons. The van der Waals surface area contributed by atoms with Gasteiger partial charge in [0.15, 0.2) is 11.5 Å². The number of sulfone groups is 1. The molecule has 3 aliphatic rings. The number of amides is 1. The van der Waals surface area contributed by atoms with Crippen molar-refractivity contribution in [2.45, 2.75) is 54.6 Å². The van der Waals surface area contributed by atoms with Crippen LogP contribution in [0.15, 0.2) is 107 Å². The van der Waals surface area contributed by atoms with E-state index in [2.05, 4.69) is 23.6 Å². The summed E-state index contributed by atoms with van der Waals surface area (Å²) in [6.07, 6.45) is 1.92. The molecular formula is C38H41N3O6S. The number of carbonyl (C=O) groups excluding carboxylic acids is 1. The van der Waals surface area contributed by atoms with Gasteiger partial charge in [-0.05, 0) is 92.9 Å². The van der Waals surface area contributed by atoms with E-state index in [1.54, 1.807) is 24.3 Å². The number of ether oxygens (including phenoxy) is 3. The van der Waals surface area contributed by atoms with Gasteiger partial charge in [0.25, 0.3) is 5.91 Å². The number of piperazine rings is 1. The minimum absolute atomic E-state index is 0.0708. The Bertz CT molecular complexity index is 1840. The molecule has 0 saturated carbocycles. The monoisotopic (exact) mass is 667 g/mol. The number of hydrogen-bond donors (Lipinski definition) is 0. The molecule has 250 valence electrons. The first-order valence-electron chi connectivity index (χ1n) is 16.6. The lowest BCUT2D eigenvalue weighted by Gasteiger charge is -2.47. The van der Waals surface area contributed by atoms with E-state index in [0.29, 0.717) is 34.9 Å². The van der Waals surface area contributed by atoms with Crippen LogP contribution < -0.4 is 14.2 Å². The van der Waals surface area contributed by atoms with Gasteiger partial charge in [-0.1, -0.05) is 30.3 Å². The third-order valence-electron chi connectivity index (χ3n) is 9.88. The smallest absolute Gasteiger partial charge is 0.253 e. The van der Waals surface area contributed by atoms with Crippen LogP contribution in [-0.2, 0) is 9.84 Å². The van der Waals surface area contributed by atoms with E-state index in [1.807, 2.05) is 71.6 Å². The molecule has 2 saturated heterocycles. The normalized spacial score (nSPS) is 19.6. The Morgan fingerprint density at radius 3 is 2.17 bits per heavy atom. The fourth-order valence-corrected chi connectivity index (χ4v) is 8.39. The standard InChI is InChI=1S/C38H41N3O6S/c1-27-25-40(31-18-20-39(21-19-31)38(42)30-8-12-33(13-9-30)47-32-6-4-3-5-7-32)22-23-41(27)28(2)29-10-14-34(15-11-29)48(43,44)35-16-17-36-37(24-35)46-26-45-36/h3-17,24,27-28,31H,18-23,25-26H2,1-2H3/t27-,28+/m1/s1. The van der Waals surface area contributed by atoms with Crippen molar-refractivity contribution in [3.8, 4) is 23.0 Å². The predicted octanol–water partition coefficient (Wildman–Crippen LogP) is 6.41. The maximum atomic E-state index is 13.3. The molecule has 10 heteroatoms. The number of carbonyl (C=O) groups is 1. The van der Waals surface area contributed by atoms with Crippen LogP contribution in [0.5, 0.6) is 23.0 Å². The van der Waals surface area contributed by atoms with Crippen LogP contribution in [0.4, 0.5) is 0 Å². The first-order valence-corrected chi connectivity index (χ1v) is 18.1. The van der Waals surface area contributed by atoms with Crippen LogP contribution in [-0.4, -0.2) is 80.6 Å². The fourth-order valence-electron chi connectivity index (χ4n) is 7.11. The first kappa shape index (κ1) is 32.2. The number of fused-ring (bicyclic) bond motifs is 1. The minimum atomic E-state index is -3.68. The Morgan fingerprint density at radius 1 is 0.792 bits per heavy atom. The largest absolute Gasteiger partial charge is 0.457 e. The lowest BCUT2D eigenvalue weighted by atomic mass is 9.98. The van der Waals surface area contributed by atoms with Gasteiger partial charge in [0.2, 0.25) is 16.6 Å². The lowest BCUT2D eigenvalue weighted by Crippen LogP contribution is -2.57. The summed E-state index contributed by atoms with van der Waals surface area (Å²) in [5.41, 5.74) is 1.77. The van der Waals surface area contributed by atoms with Crippen molar-refractivity contribution in [1.29, 1.82) is 0 Å². The van der Waals surface area contributed by atoms with Gasteiger partial charge >= 0.3 is 0 Å². The first-order chi connectivity index (χ1) is 23.3. The van der Waals surface area contributed by atoms with E-state index in [1.165, 1.54) is 6.07 Å². The Balaban J connectivity index is 0.906. The second kappa shape index (κ2) is 13.6. The van der Waals surface area contributed by atoms with E-state index in [0.717, 1.165) is 56.9 Å². The Morgan fingerprint density at radius 2 is 1.46 bits per heavy atom. The van der Waals surface area contributed by atoms with Crippen LogP contribution >= 0.6 is 0 Å². The number of hydrogen-bond acceptors (Lipinski definition) is 8. The van der Waals surface area contributed by atoms with Crippen molar-refractivity contribution >= 4 is 15.7 Å². The second-order valence-electron chi connectivity index (χ2n) is 12.8. The number of nitrogens with zero attached hydrogens (tertiary/aromatic N) is 3. The summed E-state index contributed by atoms with van der Waals surface area (Å²) in [4.78, 5) is 20.8. The van der Waals surface area contributed by atoms with Crippen LogP contribution in [0.25, 0.3) is 0 Å². The molecule has 0 bridgehead atoms. The molecule has 0 aliphatic carbocycles. The molecule has 0 unspecified atom stereocenters. The summed E-state index contributed by atoms with van der Waals surface area (Å²) in [6.45, 7) is 8.91. The molecule has 7 rings (SSSR count). The molecule has 48 heavy (non-hydrogen) atoms. The van der Waals surface area contributed by atoms with Crippen molar-refractivity contribution in [2.24, 2.45) is 0 Å². The SMILES string of the molecule is C[C@@H]1CN(C2CCN(C(=O)c3ccc(Oc4ccccc4)cc3)CC2)CCN1[C@@H](C)c1ccc(S(=O)(=O)c2ccc3c(c2)OCO3)cc1. The fraction of sp³-hybridized carbons (Fsp3) is 0.342. The third kappa shape index (κ3) is 6.65. The summed E-state index contributed by atoms with van der Waals surface area (Å²) in [5, 5.41) is 0. The summed E-state index contributed by atoms with van der Waals surface area (Å²) >= 11 is 0. The van der Waals surface area contributed by atoms with Gasteiger partial charge in [0.1, 0.15) is 11.5 Å². The molecular weight excluding hydrogens is 627 g/mol. The number of likely N-dealkylation sites (tertiary alicyclic amines) is 1. The maximum Gasteiger partial charge on any atom is 0.253 e. The molecule has 0 aromatic heterocycles. The highest BCUT2D eigenvalue weighted by atomic mass is 32.2. The topological polar surface area (TPSA) is 88.6 Å². The van der Waals surface area contributed by atoms with Crippen LogP contribution in [0.2, 0.25) is 0 Å². The highest BCUT2D eigenvalue weighted by Gasteiger charge is 2.34. The van der Waals surface area contributed by atoms with Gasteiger partial charge < -0.3 is 19.1 Å². The molecule has 2 atom stereocenters. The second-order valence-corrected chi connectivity index (χ2v) is 14.8. The Hall–Kier alpha value is -4.38. The molecule has 4 aromatic carbocycles. The van der Waals surface area contributed by atoms with Crippen LogP contribution in [0.1, 0.15) is 48.7 Å². The third-order valence-corrected chi connectivity index (χ3v) is 11.7. The van der Waals surface area contributed by atoms with E-state index < -0.39 is 9.84 Å². The average Bonchev–Trinajstić information content (AvgIpc) is 3.60. The van der Waals surface area contributed by atoms with E-state index in [9.17, 15) is 13.2 Å². The van der Waals surface area contributed by atoms with Crippen molar-refractivity contribution in [3.05, 3.63) is 108 Å². The Labute approximate surface area is 282 Å². The molecule has 4 aromatic rings. The highest BCUT2D eigenvalue weighted by Crippen LogP contribution is 2.36. The van der Waals surface area contributed by atoms with Gasteiger partial charge in [-0.25, -0.2) is 8.42 Å². The van der Waals surface area contributed by atoms with Crippen molar-refractivity contribution in [1.82, 2.24) is 14.7 Å². The highest BCUT2D eigenvalue weighted by molar-refractivity contribution is 7.91. The average molecular weight is 668 g/mol.